The molecule has 4 heteroatoms. The van der Waals surface area contributed by atoms with Crippen molar-refractivity contribution < 1.29 is 0 Å². The number of benzene rings is 1. The number of likely N-dealkylation sites (N-methyl/N-ethyl adjacent to an activating group) is 1. The zero-order valence-corrected chi connectivity index (χ0v) is 13.0. The number of thiazole rings is 1. The molecule has 0 aliphatic rings. The molecule has 3 nitrogen and oxygen atoms in total. The molecule has 19 heavy (non-hydrogen) atoms. The van der Waals surface area contributed by atoms with Gasteiger partial charge in [0.2, 0.25) is 0 Å². The molecule has 1 aromatic heterocycles. The number of nitrogens with zero attached hydrogens (tertiary/aromatic N) is 2. The fraction of sp³-hybridized carbons (Fsp3) is 0.533. The van der Waals surface area contributed by atoms with Gasteiger partial charge in [-0.25, -0.2) is 4.98 Å². The Kier molecular flexibility index (Phi) is 4.91. The number of rotatable bonds is 6. The van der Waals surface area contributed by atoms with Gasteiger partial charge in [0, 0.05) is 19.1 Å². The summed E-state index contributed by atoms with van der Waals surface area (Å²) >= 11 is 1.78. The van der Waals surface area contributed by atoms with E-state index in [9.17, 15) is 0 Å². The maximum absolute atomic E-state index is 4.69. The molecule has 0 spiro atoms. The van der Waals surface area contributed by atoms with Crippen LogP contribution in [0.4, 0.5) is 0 Å². The largest absolute Gasteiger partial charge is 0.307 e. The van der Waals surface area contributed by atoms with Gasteiger partial charge in [-0.1, -0.05) is 12.1 Å². The van der Waals surface area contributed by atoms with Gasteiger partial charge in [-0.05, 0) is 40.0 Å². The van der Waals surface area contributed by atoms with E-state index in [2.05, 4.69) is 61.2 Å². The third-order valence-electron chi connectivity index (χ3n) is 3.48. The molecule has 1 atom stereocenters. The van der Waals surface area contributed by atoms with Crippen molar-refractivity contribution in [2.24, 2.45) is 0 Å². The molecule has 0 bridgehead atoms. The van der Waals surface area contributed by atoms with Crippen LogP contribution in [0.2, 0.25) is 0 Å². The van der Waals surface area contributed by atoms with Crippen LogP contribution in [0.5, 0.6) is 0 Å². The number of aromatic nitrogens is 1. The van der Waals surface area contributed by atoms with Gasteiger partial charge in [0.15, 0.2) is 0 Å². The molecule has 0 amide bonds. The summed E-state index contributed by atoms with van der Waals surface area (Å²) in [5.74, 6) is 0. The number of fused-ring (bicyclic) bond motifs is 1. The summed E-state index contributed by atoms with van der Waals surface area (Å²) in [7, 11) is 2.16. The van der Waals surface area contributed by atoms with Gasteiger partial charge in [-0.15, -0.1) is 11.3 Å². The SMILES string of the molecule is CC(NCCN(C)C(C)C)c1nc2ccccc2s1. The van der Waals surface area contributed by atoms with E-state index in [0.29, 0.717) is 12.1 Å². The molecule has 0 radical (unpaired) electrons. The summed E-state index contributed by atoms with van der Waals surface area (Å²) in [4.78, 5) is 7.03. The van der Waals surface area contributed by atoms with E-state index in [4.69, 9.17) is 0 Å². The van der Waals surface area contributed by atoms with Crippen LogP contribution in [0.25, 0.3) is 10.2 Å². The Bertz CT molecular complexity index is 488. The number of nitrogens with one attached hydrogen (secondary N) is 1. The first-order valence-corrected chi connectivity index (χ1v) is 7.68. The fourth-order valence-electron chi connectivity index (χ4n) is 1.88. The quantitative estimate of drug-likeness (QED) is 0.878. The van der Waals surface area contributed by atoms with Crippen LogP contribution in [-0.2, 0) is 0 Å². The molecule has 104 valence electrons. The first-order valence-electron chi connectivity index (χ1n) is 6.87. The Balaban J connectivity index is 1.91. The van der Waals surface area contributed by atoms with Crippen molar-refractivity contribution in [1.82, 2.24) is 15.2 Å². The predicted molar refractivity (Wildman–Crippen MR) is 83.8 cm³/mol. The normalized spacial score (nSPS) is 13.6. The summed E-state index contributed by atoms with van der Waals surface area (Å²) in [5.41, 5.74) is 1.11. The van der Waals surface area contributed by atoms with Crippen LogP contribution in [0.15, 0.2) is 24.3 Å². The average Bonchev–Trinajstić information content (AvgIpc) is 2.82. The topological polar surface area (TPSA) is 28.2 Å². The van der Waals surface area contributed by atoms with Gasteiger partial charge in [-0.3, -0.25) is 0 Å². The Labute approximate surface area is 119 Å². The van der Waals surface area contributed by atoms with Crippen LogP contribution in [0, 0.1) is 0 Å². The van der Waals surface area contributed by atoms with Crippen LogP contribution < -0.4 is 5.32 Å². The van der Waals surface area contributed by atoms with E-state index in [1.54, 1.807) is 11.3 Å². The van der Waals surface area contributed by atoms with Crippen LogP contribution in [-0.4, -0.2) is 36.1 Å². The van der Waals surface area contributed by atoms with Crippen molar-refractivity contribution >= 4 is 21.6 Å². The minimum absolute atomic E-state index is 0.318. The first kappa shape index (κ1) is 14.4. The standard InChI is InChI=1S/C15H23N3S/c1-11(2)18(4)10-9-16-12(3)15-17-13-7-5-6-8-14(13)19-15/h5-8,11-12,16H,9-10H2,1-4H3. The van der Waals surface area contributed by atoms with Gasteiger partial charge in [-0.2, -0.15) is 0 Å². The van der Waals surface area contributed by atoms with Crippen molar-refractivity contribution in [3.8, 4) is 0 Å². The third kappa shape index (κ3) is 3.75. The summed E-state index contributed by atoms with van der Waals surface area (Å²) in [5, 5.41) is 4.73. The molecular formula is C15H23N3S. The van der Waals surface area contributed by atoms with Gasteiger partial charge in [0.05, 0.1) is 16.3 Å². The lowest BCUT2D eigenvalue weighted by Gasteiger charge is -2.22. The molecule has 1 unspecified atom stereocenters. The van der Waals surface area contributed by atoms with Crippen molar-refractivity contribution in [2.45, 2.75) is 32.9 Å². The Morgan fingerprint density at radius 3 is 2.68 bits per heavy atom. The van der Waals surface area contributed by atoms with E-state index in [0.717, 1.165) is 18.6 Å². The van der Waals surface area contributed by atoms with Crippen molar-refractivity contribution in [1.29, 1.82) is 0 Å². The van der Waals surface area contributed by atoms with Crippen LogP contribution in [0.3, 0.4) is 0 Å². The second kappa shape index (κ2) is 6.46. The highest BCUT2D eigenvalue weighted by Crippen LogP contribution is 2.25. The lowest BCUT2D eigenvalue weighted by Crippen LogP contribution is -2.34. The van der Waals surface area contributed by atoms with Crippen molar-refractivity contribution in [3.05, 3.63) is 29.3 Å². The minimum atomic E-state index is 0.318. The van der Waals surface area contributed by atoms with Crippen LogP contribution in [0.1, 0.15) is 31.8 Å². The third-order valence-corrected chi connectivity index (χ3v) is 4.70. The summed E-state index contributed by atoms with van der Waals surface area (Å²) in [6.45, 7) is 8.68. The fourth-order valence-corrected chi connectivity index (χ4v) is 2.87. The highest BCUT2D eigenvalue weighted by Gasteiger charge is 2.11. The highest BCUT2D eigenvalue weighted by atomic mass is 32.1. The summed E-state index contributed by atoms with van der Waals surface area (Å²) < 4.78 is 1.27. The van der Waals surface area contributed by atoms with Crippen LogP contribution >= 0.6 is 11.3 Å². The smallest absolute Gasteiger partial charge is 0.111 e. The number of hydrogen-bond donors (Lipinski definition) is 1. The molecule has 0 aliphatic carbocycles. The zero-order valence-electron chi connectivity index (χ0n) is 12.2. The molecule has 1 heterocycles. The second-order valence-electron chi connectivity index (χ2n) is 5.27. The number of hydrogen-bond acceptors (Lipinski definition) is 4. The Morgan fingerprint density at radius 1 is 1.26 bits per heavy atom. The molecule has 0 fully saturated rings. The zero-order chi connectivity index (χ0) is 13.8. The molecule has 1 aromatic carbocycles. The maximum Gasteiger partial charge on any atom is 0.111 e. The van der Waals surface area contributed by atoms with E-state index in [-0.39, 0.29) is 0 Å². The first-order chi connectivity index (χ1) is 9.08. The molecule has 2 rings (SSSR count). The lowest BCUT2D eigenvalue weighted by molar-refractivity contribution is 0.270. The molecule has 1 N–H and O–H groups in total. The predicted octanol–water partition coefficient (Wildman–Crippen LogP) is 3.29. The average molecular weight is 277 g/mol. The molecule has 0 saturated carbocycles. The second-order valence-corrected chi connectivity index (χ2v) is 6.33. The van der Waals surface area contributed by atoms with Crippen molar-refractivity contribution in [2.75, 3.05) is 20.1 Å². The van der Waals surface area contributed by atoms with Gasteiger partial charge in [0.25, 0.3) is 0 Å². The van der Waals surface area contributed by atoms with Gasteiger partial charge < -0.3 is 10.2 Å². The summed E-state index contributed by atoms with van der Waals surface area (Å²) in [6.07, 6.45) is 0. The Morgan fingerprint density at radius 2 is 2.00 bits per heavy atom. The lowest BCUT2D eigenvalue weighted by atomic mass is 10.3. The monoisotopic (exact) mass is 277 g/mol. The van der Waals surface area contributed by atoms with E-state index in [1.807, 2.05) is 6.07 Å². The highest BCUT2D eigenvalue weighted by molar-refractivity contribution is 7.18. The molecule has 0 saturated heterocycles. The molecule has 0 aliphatic heterocycles. The molecular weight excluding hydrogens is 254 g/mol. The number of para-hydroxylation sites is 1. The van der Waals surface area contributed by atoms with Crippen molar-refractivity contribution in [3.63, 3.8) is 0 Å². The van der Waals surface area contributed by atoms with E-state index >= 15 is 0 Å². The summed E-state index contributed by atoms with van der Waals surface area (Å²) in [6, 6.07) is 9.24. The Hall–Kier alpha value is -0.970. The van der Waals surface area contributed by atoms with Gasteiger partial charge in [0.1, 0.15) is 5.01 Å². The minimum Gasteiger partial charge on any atom is -0.307 e. The maximum atomic E-state index is 4.69. The van der Waals surface area contributed by atoms with Gasteiger partial charge >= 0.3 is 0 Å². The van der Waals surface area contributed by atoms with E-state index in [1.165, 1.54) is 9.71 Å². The van der Waals surface area contributed by atoms with E-state index < -0.39 is 0 Å². The molecule has 2 aromatic rings.